The van der Waals surface area contributed by atoms with Crippen molar-refractivity contribution in [1.82, 2.24) is 20.2 Å². The molecule has 62 valence electrons. The van der Waals surface area contributed by atoms with E-state index in [4.69, 9.17) is 11.6 Å². The molecule has 0 amide bonds. The highest BCUT2D eigenvalue weighted by atomic mass is 35.5. The summed E-state index contributed by atoms with van der Waals surface area (Å²) in [6, 6.07) is 0. The highest BCUT2D eigenvalue weighted by Crippen LogP contribution is 2.03. The fourth-order valence-electron chi connectivity index (χ4n) is 0.771. The average molecular weight is 175 g/mol. The molecule has 0 spiro atoms. The topological polar surface area (TPSA) is 43.6 Å². The second-order valence-corrected chi connectivity index (χ2v) is 2.97. The van der Waals surface area contributed by atoms with E-state index in [2.05, 4.69) is 22.3 Å². The van der Waals surface area contributed by atoms with Crippen LogP contribution in [0.1, 0.15) is 12.7 Å². The molecular formula is C6H11ClN4. The molecule has 1 aromatic heterocycles. The predicted octanol–water partition coefficient (Wildman–Crippen LogP) is 0.627. The molecule has 1 rings (SSSR count). The van der Waals surface area contributed by atoms with Gasteiger partial charge < -0.3 is 0 Å². The monoisotopic (exact) mass is 174 g/mol. The van der Waals surface area contributed by atoms with Gasteiger partial charge in [0.1, 0.15) is 0 Å². The van der Waals surface area contributed by atoms with Gasteiger partial charge in [-0.25, -0.2) is 0 Å². The first-order chi connectivity index (χ1) is 5.22. The van der Waals surface area contributed by atoms with Crippen molar-refractivity contribution in [1.29, 1.82) is 0 Å². The van der Waals surface area contributed by atoms with Gasteiger partial charge in [0.05, 0.1) is 7.05 Å². The van der Waals surface area contributed by atoms with Crippen LogP contribution in [0.5, 0.6) is 0 Å². The molecule has 0 aliphatic carbocycles. The molecule has 0 saturated heterocycles. The van der Waals surface area contributed by atoms with Crippen molar-refractivity contribution in [3.63, 3.8) is 0 Å². The van der Waals surface area contributed by atoms with E-state index in [0.29, 0.717) is 11.8 Å². The van der Waals surface area contributed by atoms with Gasteiger partial charge in [-0.2, -0.15) is 4.80 Å². The fourth-order valence-corrected chi connectivity index (χ4v) is 0.880. The van der Waals surface area contributed by atoms with Gasteiger partial charge in [-0.1, -0.05) is 6.92 Å². The van der Waals surface area contributed by atoms with Crippen LogP contribution in [0.25, 0.3) is 0 Å². The van der Waals surface area contributed by atoms with Crippen molar-refractivity contribution in [2.45, 2.75) is 13.3 Å². The van der Waals surface area contributed by atoms with Crippen molar-refractivity contribution < 1.29 is 0 Å². The number of alkyl halides is 1. The largest absolute Gasteiger partial charge is 0.175 e. The van der Waals surface area contributed by atoms with E-state index in [9.17, 15) is 0 Å². The molecule has 0 N–H and O–H groups in total. The first-order valence-electron chi connectivity index (χ1n) is 3.51. The Morgan fingerprint density at radius 1 is 1.64 bits per heavy atom. The Morgan fingerprint density at radius 3 is 2.82 bits per heavy atom. The lowest BCUT2D eigenvalue weighted by Crippen LogP contribution is -2.03. The number of aromatic nitrogens is 4. The molecule has 1 heterocycles. The zero-order valence-electron chi connectivity index (χ0n) is 6.66. The highest BCUT2D eigenvalue weighted by Gasteiger charge is 2.05. The Morgan fingerprint density at radius 2 is 2.36 bits per heavy atom. The van der Waals surface area contributed by atoms with Crippen LogP contribution in [0.2, 0.25) is 0 Å². The van der Waals surface area contributed by atoms with Gasteiger partial charge >= 0.3 is 0 Å². The summed E-state index contributed by atoms with van der Waals surface area (Å²) in [5.74, 6) is 1.82. The van der Waals surface area contributed by atoms with Gasteiger partial charge in [0, 0.05) is 12.3 Å². The first kappa shape index (κ1) is 8.46. The summed E-state index contributed by atoms with van der Waals surface area (Å²) in [6.45, 7) is 2.06. The summed E-state index contributed by atoms with van der Waals surface area (Å²) in [5, 5.41) is 11.6. The highest BCUT2D eigenvalue weighted by molar-refractivity contribution is 6.18. The van der Waals surface area contributed by atoms with Gasteiger partial charge in [0.25, 0.3) is 0 Å². The third kappa shape index (κ3) is 2.46. The first-order valence-corrected chi connectivity index (χ1v) is 4.04. The number of aryl methyl sites for hydroxylation is 1. The van der Waals surface area contributed by atoms with E-state index in [1.54, 1.807) is 7.05 Å². The molecule has 0 saturated carbocycles. The molecule has 0 radical (unpaired) electrons. The van der Waals surface area contributed by atoms with Crippen molar-refractivity contribution in [2.75, 3.05) is 5.88 Å². The maximum atomic E-state index is 5.63. The van der Waals surface area contributed by atoms with Crippen molar-refractivity contribution in [3.05, 3.63) is 5.82 Å². The summed E-state index contributed by atoms with van der Waals surface area (Å²) >= 11 is 5.63. The third-order valence-corrected chi connectivity index (χ3v) is 1.87. The standard InChI is InChI=1S/C6H11ClN4/c1-5(4-7)3-6-8-10-11(2)9-6/h5H,3-4H2,1-2H3. The molecule has 4 nitrogen and oxygen atoms in total. The molecule has 5 heteroatoms. The number of rotatable bonds is 3. The lowest BCUT2D eigenvalue weighted by atomic mass is 10.1. The average Bonchev–Trinajstić information content (AvgIpc) is 2.35. The second kappa shape index (κ2) is 3.67. The molecule has 1 atom stereocenters. The molecule has 0 aliphatic rings. The Kier molecular flexibility index (Phi) is 2.82. The van der Waals surface area contributed by atoms with E-state index in [1.807, 2.05) is 0 Å². The van der Waals surface area contributed by atoms with Crippen LogP contribution in [0, 0.1) is 5.92 Å². The molecule has 0 bridgehead atoms. The van der Waals surface area contributed by atoms with Crippen LogP contribution >= 0.6 is 11.6 Å². The third-order valence-electron chi connectivity index (χ3n) is 1.34. The van der Waals surface area contributed by atoms with Crippen LogP contribution in [-0.2, 0) is 13.5 Å². The van der Waals surface area contributed by atoms with Crippen LogP contribution in [0.4, 0.5) is 0 Å². The Bertz CT molecular complexity index is 222. The van der Waals surface area contributed by atoms with Crippen molar-refractivity contribution >= 4 is 11.6 Å². The van der Waals surface area contributed by atoms with Gasteiger partial charge in [-0.3, -0.25) is 0 Å². The second-order valence-electron chi connectivity index (χ2n) is 2.66. The Hall–Kier alpha value is -0.640. The Labute approximate surface area is 70.5 Å². The summed E-state index contributed by atoms with van der Waals surface area (Å²) in [7, 11) is 1.75. The number of halogens is 1. The smallest absolute Gasteiger partial charge is 0.167 e. The van der Waals surface area contributed by atoms with E-state index >= 15 is 0 Å². The predicted molar refractivity (Wildman–Crippen MR) is 42.4 cm³/mol. The fraction of sp³-hybridized carbons (Fsp3) is 0.833. The molecule has 0 aliphatic heterocycles. The van der Waals surface area contributed by atoms with Crippen LogP contribution in [0.15, 0.2) is 0 Å². The van der Waals surface area contributed by atoms with Crippen molar-refractivity contribution in [3.8, 4) is 0 Å². The van der Waals surface area contributed by atoms with Crippen LogP contribution in [0.3, 0.4) is 0 Å². The quantitative estimate of drug-likeness (QED) is 0.632. The van der Waals surface area contributed by atoms with E-state index in [1.165, 1.54) is 4.80 Å². The van der Waals surface area contributed by atoms with Crippen LogP contribution < -0.4 is 0 Å². The summed E-state index contributed by atoms with van der Waals surface area (Å²) in [5.41, 5.74) is 0. The normalized spacial score (nSPS) is 13.4. The lowest BCUT2D eigenvalue weighted by Gasteiger charge is -2.00. The maximum absolute atomic E-state index is 5.63. The SMILES string of the molecule is CC(CCl)Cc1nnn(C)n1. The van der Waals surface area contributed by atoms with E-state index in [-0.39, 0.29) is 0 Å². The zero-order chi connectivity index (χ0) is 8.27. The molecule has 0 aromatic carbocycles. The number of hydrogen-bond donors (Lipinski definition) is 0. The van der Waals surface area contributed by atoms with Gasteiger partial charge in [0.15, 0.2) is 5.82 Å². The number of tetrazole rings is 1. The summed E-state index contributed by atoms with van der Waals surface area (Å²) < 4.78 is 0. The molecule has 11 heavy (non-hydrogen) atoms. The maximum Gasteiger partial charge on any atom is 0.175 e. The van der Waals surface area contributed by atoms with Crippen LogP contribution in [-0.4, -0.2) is 26.1 Å². The molecule has 0 fully saturated rings. The van der Waals surface area contributed by atoms with Gasteiger partial charge in [0.2, 0.25) is 0 Å². The minimum Gasteiger partial charge on any atom is -0.167 e. The molecule has 1 unspecified atom stereocenters. The molecular weight excluding hydrogens is 164 g/mol. The summed E-state index contributed by atoms with van der Waals surface area (Å²) in [4.78, 5) is 1.45. The van der Waals surface area contributed by atoms with Gasteiger partial charge in [-0.15, -0.1) is 21.8 Å². The van der Waals surface area contributed by atoms with Crippen molar-refractivity contribution in [2.24, 2.45) is 13.0 Å². The van der Waals surface area contributed by atoms with Gasteiger partial charge in [-0.05, 0) is 11.1 Å². The number of nitrogens with zero attached hydrogens (tertiary/aromatic N) is 4. The zero-order valence-corrected chi connectivity index (χ0v) is 7.41. The van der Waals surface area contributed by atoms with E-state index < -0.39 is 0 Å². The molecule has 1 aromatic rings. The number of hydrogen-bond acceptors (Lipinski definition) is 3. The minimum absolute atomic E-state index is 0.417. The lowest BCUT2D eigenvalue weighted by molar-refractivity contribution is 0.608. The summed E-state index contributed by atoms with van der Waals surface area (Å²) in [6.07, 6.45) is 0.803. The Balaban J connectivity index is 2.50. The van der Waals surface area contributed by atoms with E-state index in [0.717, 1.165) is 12.2 Å². The minimum atomic E-state index is 0.417.